The lowest BCUT2D eigenvalue weighted by Gasteiger charge is -2.02. The number of halogens is 2. The van der Waals surface area contributed by atoms with Crippen molar-refractivity contribution in [2.75, 3.05) is 0 Å². The number of nitrogens with two attached hydrogens (primary N) is 1. The van der Waals surface area contributed by atoms with Crippen LogP contribution >= 0.6 is 15.9 Å². The van der Waals surface area contributed by atoms with E-state index >= 15 is 0 Å². The number of aromatic nitrogens is 3. The lowest BCUT2D eigenvalue weighted by Crippen LogP contribution is -2.32. The highest BCUT2D eigenvalue weighted by molar-refractivity contribution is 9.10. The number of nitrogens with zero attached hydrogens (tertiary/aromatic N) is 3. The maximum absolute atomic E-state index is 13.1. The van der Waals surface area contributed by atoms with Crippen LogP contribution in [-0.2, 0) is 11.2 Å². The van der Waals surface area contributed by atoms with Crippen molar-refractivity contribution in [3.05, 3.63) is 40.4 Å². The first-order valence-electron chi connectivity index (χ1n) is 5.32. The van der Waals surface area contributed by atoms with Gasteiger partial charge in [0.2, 0.25) is 0 Å². The zero-order chi connectivity index (χ0) is 14.0. The minimum absolute atomic E-state index is 0.0810. The van der Waals surface area contributed by atoms with Gasteiger partial charge in [-0.2, -0.15) is 0 Å². The molecule has 0 saturated heterocycles. The summed E-state index contributed by atoms with van der Waals surface area (Å²) in [6.07, 6.45) is 1.64. The molecule has 1 aromatic carbocycles. The largest absolute Gasteiger partial charge is 0.480 e. The van der Waals surface area contributed by atoms with E-state index in [2.05, 4.69) is 26.2 Å². The number of hydrogen-bond acceptors (Lipinski definition) is 4. The molecule has 3 N–H and O–H groups in total. The third-order valence-electron chi connectivity index (χ3n) is 2.45. The monoisotopic (exact) mass is 328 g/mol. The number of carboxylic acids is 1. The molecule has 1 aromatic heterocycles. The van der Waals surface area contributed by atoms with E-state index < -0.39 is 12.0 Å². The zero-order valence-corrected chi connectivity index (χ0v) is 11.2. The maximum Gasteiger partial charge on any atom is 0.320 e. The second-order valence-corrected chi connectivity index (χ2v) is 4.76. The van der Waals surface area contributed by atoms with Crippen molar-refractivity contribution in [1.82, 2.24) is 15.0 Å². The van der Waals surface area contributed by atoms with Gasteiger partial charge in [-0.05, 0) is 34.1 Å². The van der Waals surface area contributed by atoms with Gasteiger partial charge in [0, 0.05) is 6.42 Å². The summed E-state index contributed by atoms with van der Waals surface area (Å²) in [6.45, 7) is 0. The molecule has 0 radical (unpaired) electrons. The standard InChI is InChI=1S/C11H10BrFN4O2/c12-8-4-7(1-2-9(8)13)17-5-6(15-16-17)3-10(14)11(18)19/h1-2,4-5,10H,3,14H2,(H,18,19). The molecule has 0 fully saturated rings. The van der Waals surface area contributed by atoms with E-state index in [4.69, 9.17) is 10.8 Å². The highest BCUT2D eigenvalue weighted by atomic mass is 79.9. The number of rotatable bonds is 4. The lowest BCUT2D eigenvalue weighted by molar-refractivity contribution is -0.138. The Morgan fingerprint density at radius 2 is 2.32 bits per heavy atom. The Labute approximate surface area is 116 Å². The number of benzene rings is 1. The van der Waals surface area contributed by atoms with E-state index in [1.54, 1.807) is 12.3 Å². The Kier molecular flexibility index (Phi) is 3.91. The predicted molar refractivity (Wildman–Crippen MR) is 68.3 cm³/mol. The van der Waals surface area contributed by atoms with Gasteiger partial charge in [0.05, 0.1) is 22.1 Å². The molecule has 100 valence electrons. The molecule has 2 aromatic rings. The average molecular weight is 329 g/mol. The summed E-state index contributed by atoms with van der Waals surface area (Å²) in [4.78, 5) is 10.6. The van der Waals surface area contributed by atoms with Crippen molar-refractivity contribution < 1.29 is 14.3 Å². The summed E-state index contributed by atoms with van der Waals surface area (Å²) in [5.74, 6) is -1.48. The molecule has 8 heteroatoms. The van der Waals surface area contributed by atoms with Crippen molar-refractivity contribution >= 4 is 21.9 Å². The predicted octanol–water partition coefficient (Wildman–Crippen LogP) is 1.12. The molecule has 1 heterocycles. The molecule has 2 rings (SSSR count). The molecule has 0 spiro atoms. The van der Waals surface area contributed by atoms with Crippen molar-refractivity contribution in [3.63, 3.8) is 0 Å². The molecule has 19 heavy (non-hydrogen) atoms. The Morgan fingerprint density at radius 1 is 1.58 bits per heavy atom. The van der Waals surface area contributed by atoms with Crippen LogP contribution in [0.15, 0.2) is 28.9 Å². The summed E-state index contributed by atoms with van der Waals surface area (Å²) in [6, 6.07) is 3.36. The Balaban J connectivity index is 2.20. The van der Waals surface area contributed by atoms with Crippen LogP contribution in [0.2, 0.25) is 0 Å². The molecule has 0 aliphatic rings. The smallest absolute Gasteiger partial charge is 0.320 e. The van der Waals surface area contributed by atoms with Crippen LogP contribution in [0.5, 0.6) is 0 Å². The molecular formula is C11H10BrFN4O2. The topological polar surface area (TPSA) is 94.0 Å². The summed E-state index contributed by atoms with van der Waals surface area (Å²) >= 11 is 3.08. The SMILES string of the molecule is NC(Cc1cn(-c2ccc(F)c(Br)c2)nn1)C(=O)O. The normalized spacial score (nSPS) is 12.4. The van der Waals surface area contributed by atoms with Gasteiger partial charge in [-0.3, -0.25) is 4.79 Å². The van der Waals surface area contributed by atoms with Crippen LogP contribution < -0.4 is 5.73 Å². The van der Waals surface area contributed by atoms with Crippen LogP contribution in [-0.4, -0.2) is 32.1 Å². The van der Waals surface area contributed by atoms with E-state index in [0.717, 1.165) is 0 Å². The average Bonchev–Trinajstić information content (AvgIpc) is 2.81. The van der Waals surface area contributed by atoms with E-state index in [9.17, 15) is 9.18 Å². The summed E-state index contributed by atoms with van der Waals surface area (Å²) in [7, 11) is 0. The van der Waals surface area contributed by atoms with Gasteiger partial charge in [0.15, 0.2) is 0 Å². The van der Waals surface area contributed by atoms with Gasteiger partial charge in [-0.1, -0.05) is 5.21 Å². The van der Waals surface area contributed by atoms with Gasteiger partial charge in [0.1, 0.15) is 11.9 Å². The Bertz CT molecular complexity index is 616. The second kappa shape index (κ2) is 5.45. The van der Waals surface area contributed by atoms with E-state index in [1.807, 2.05) is 0 Å². The fourth-order valence-corrected chi connectivity index (χ4v) is 1.83. The van der Waals surface area contributed by atoms with Crippen molar-refractivity contribution in [3.8, 4) is 5.69 Å². The molecule has 0 amide bonds. The number of carboxylic acid groups (broad SMARTS) is 1. The quantitative estimate of drug-likeness (QED) is 0.877. The fourth-order valence-electron chi connectivity index (χ4n) is 1.46. The second-order valence-electron chi connectivity index (χ2n) is 3.90. The lowest BCUT2D eigenvalue weighted by atomic mass is 10.2. The fraction of sp³-hybridized carbons (Fsp3) is 0.182. The van der Waals surface area contributed by atoms with Crippen LogP contribution in [0, 0.1) is 5.82 Å². The molecule has 0 bridgehead atoms. The van der Waals surface area contributed by atoms with Gasteiger partial charge in [-0.25, -0.2) is 9.07 Å². The molecule has 1 atom stereocenters. The Hall–Kier alpha value is -1.80. The zero-order valence-electron chi connectivity index (χ0n) is 9.62. The van der Waals surface area contributed by atoms with Gasteiger partial charge < -0.3 is 10.8 Å². The highest BCUT2D eigenvalue weighted by Crippen LogP contribution is 2.19. The highest BCUT2D eigenvalue weighted by Gasteiger charge is 2.14. The first-order valence-corrected chi connectivity index (χ1v) is 6.11. The minimum atomic E-state index is -1.10. The summed E-state index contributed by atoms with van der Waals surface area (Å²) in [5.41, 5.74) is 6.47. The summed E-state index contributed by atoms with van der Waals surface area (Å²) in [5, 5.41) is 16.4. The number of carbonyl (C=O) groups is 1. The third-order valence-corrected chi connectivity index (χ3v) is 3.06. The summed E-state index contributed by atoms with van der Waals surface area (Å²) < 4.78 is 14.8. The third kappa shape index (κ3) is 3.15. The van der Waals surface area contributed by atoms with E-state index in [1.165, 1.54) is 16.8 Å². The molecule has 0 aliphatic heterocycles. The van der Waals surface area contributed by atoms with Crippen LogP contribution in [0.4, 0.5) is 4.39 Å². The Morgan fingerprint density at radius 3 is 2.95 bits per heavy atom. The minimum Gasteiger partial charge on any atom is -0.480 e. The first-order chi connectivity index (χ1) is 8.97. The van der Waals surface area contributed by atoms with Crippen LogP contribution in [0.3, 0.4) is 0 Å². The van der Waals surface area contributed by atoms with Gasteiger partial charge in [-0.15, -0.1) is 5.10 Å². The number of aliphatic carboxylic acids is 1. The van der Waals surface area contributed by atoms with E-state index in [0.29, 0.717) is 15.9 Å². The molecule has 0 saturated carbocycles. The van der Waals surface area contributed by atoms with Crippen LogP contribution in [0.1, 0.15) is 5.69 Å². The van der Waals surface area contributed by atoms with E-state index in [-0.39, 0.29) is 12.2 Å². The van der Waals surface area contributed by atoms with Gasteiger partial charge in [0.25, 0.3) is 0 Å². The molecule has 1 unspecified atom stereocenters. The molecule has 6 nitrogen and oxygen atoms in total. The van der Waals surface area contributed by atoms with Crippen molar-refractivity contribution in [1.29, 1.82) is 0 Å². The van der Waals surface area contributed by atoms with Crippen molar-refractivity contribution in [2.45, 2.75) is 12.5 Å². The molecular weight excluding hydrogens is 319 g/mol. The number of hydrogen-bond donors (Lipinski definition) is 2. The molecule has 0 aliphatic carbocycles. The first kappa shape index (κ1) is 13.6. The van der Waals surface area contributed by atoms with Gasteiger partial charge >= 0.3 is 5.97 Å². The maximum atomic E-state index is 13.1. The van der Waals surface area contributed by atoms with Crippen LogP contribution in [0.25, 0.3) is 5.69 Å². The van der Waals surface area contributed by atoms with Crippen molar-refractivity contribution in [2.24, 2.45) is 5.73 Å².